The van der Waals surface area contributed by atoms with Gasteiger partial charge in [0.25, 0.3) is 0 Å². The van der Waals surface area contributed by atoms with Crippen molar-refractivity contribution in [3.05, 3.63) is 115 Å². The second kappa shape index (κ2) is 26.7. The molecule has 1 aromatic heterocycles. The van der Waals surface area contributed by atoms with E-state index in [-0.39, 0.29) is 38.4 Å². The Morgan fingerprint density at radius 2 is 0.862 bits per heavy atom. The largest absolute Gasteiger partial charge is 0.260 e. The molecule has 0 spiro atoms. The average Bonchev–Trinajstić information content (AvgIpc) is 3.41. The van der Waals surface area contributed by atoms with Crippen molar-refractivity contribution in [2.75, 3.05) is 18.5 Å². The molecule has 2 aromatic carbocycles. The molecule has 58 heavy (non-hydrogen) atoms. The van der Waals surface area contributed by atoms with Crippen LogP contribution in [0.25, 0.3) is 0 Å². The molecule has 0 aliphatic heterocycles. The maximum Gasteiger partial charge on any atom is 0.0859 e. The maximum atomic E-state index is 7.03. The number of rotatable bonds is 12. The van der Waals surface area contributed by atoms with Gasteiger partial charge in [0.2, 0.25) is 0 Å². The van der Waals surface area contributed by atoms with E-state index in [2.05, 4.69) is 176 Å². The molecule has 0 saturated heterocycles. The molecule has 2 nitrogen and oxygen atoms in total. The van der Waals surface area contributed by atoms with Crippen molar-refractivity contribution >= 4 is 93.8 Å². The molecule has 0 saturated carbocycles. The van der Waals surface area contributed by atoms with E-state index in [0.717, 1.165) is 31.6 Å². The van der Waals surface area contributed by atoms with Crippen LogP contribution in [-0.4, -0.2) is 38.9 Å². The van der Waals surface area contributed by atoms with Crippen molar-refractivity contribution < 1.29 is 0 Å². The fraction of sp³-hybridized carbons (Fsp3) is 0.565. The first kappa shape index (κ1) is 58.9. The summed E-state index contributed by atoms with van der Waals surface area (Å²) in [6.07, 6.45) is 3.99. The van der Waals surface area contributed by atoms with E-state index < -0.39 is 21.5 Å². The normalized spacial score (nSPS) is 14.6. The minimum Gasteiger partial charge on any atom is -0.260 e. The van der Waals surface area contributed by atoms with Crippen molar-refractivity contribution in [2.45, 2.75) is 148 Å². The fourth-order valence-corrected chi connectivity index (χ4v) is 18.6. The monoisotopic (exact) mass is 984 g/mol. The van der Waals surface area contributed by atoms with Gasteiger partial charge >= 0.3 is 0 Å². The highest BCUT2D eigenvalue weighted by atomic mass is 35.9. The van der Waals surface area contributed by atoms with E-state index in [1.165, 1.54) is 50.7 Å². The number of halogens is 4. The third-order valence-corrected chi connectivity index (χ3v) is 22.5. The van der Waals surface area contributed by atoms with Crippen LogP contribution in [0, 0.1) is 47.5 Å². The van der Waals surface area contributed by atoms with Crippen LogP contribution in [0.3, 0.4) is 0 Å². The third kappa shape index (κ3) is 18.2. The second-order valence-electron chi connectivity index (χ2n) is 17.5. The summed E-state index contributed by atoms with van der Waals surface area (Å²) < 4.78 is 4.87. The van der Waals surface area contributed by atoms with Gasteiger partial charge in [-0.25, -0.2) is 0 Å². The molecule has 1 aliphatic carbocycles. The van der Waals surface area contributed by atoms with Crippen molar-refractivity contribution in [2.24, 2.45) is 5.92 Å². The molecule has 12 heteroatoms. The maximum absolute atomic E-state index is 7.03. The van der Waals surface area contributed by atoms with Gasteiger partial charge in [0, 0.05) is 42.7 Å². The Bertz CT molecular complexity index is 1710. The summed E-state index contributed by atoms with van der Waals surface area (Å²) in [6, 6.07) is 17.5. The highest BCUT2D eigenvalue weighted by Crippen LogP contribution is 2.56. The first-order valence-corrected chi connectivity index (χ1v) is 29.5. The summed E-state index contributed by atoms with van der Waals surface area (Å²) in [7, 11) is -1.55. The Hall–Kier alpha value is 0.930. The van der Waals surface area contributed by atoms with E-state index in [1.54, 1.807) is 21.7 Å². The van der Waals surface area contributed by atoms with Crippen molar-refractivity contribution in [3.63, 3.8) is 0 Å². The highest BCUT2D eigenvalue weighted by Gasteiger charge is 2.30. The molecule has 4 atom stereocenters. The number of benzene rings is 2. The summed E-state index contributed by atoms with van der Waals surface area (Å²) >= 11 is 25.4. The number of allylic oxidation sites excluding steroid dienone is 4. The van der Waals surface area contributed by atoms with Crippen LogP contribution in [-0.2, 0) is 19.3 Å². The summed E-state index contributed by atoms with van der Waals surface area (Å²) in [4.78, 5) is 0. The van der Waals surface area contributed by atoms with Crippen LogP contribution in [0.5, 0.6) is 0 Å². The molecule has 0 amide bonds. The van der Waals surface area contributed by atoms with Gasteiger partial charge < -0.3 is 0 Å². The Morgan fingerprint density at radius 3 is 1.14 bits per heavy atom. The SMILES string of the molecule is CC1=C(C)C(C)C(C)=C1C.Cc1ccc(CN(P(Cl)CCP(Cl)Cl)C(C)(C)C)cc1.Cc1ccc(CN(P(Cl)CCp2c(C)c(C)c(C)c2C)C(C)(C)C)cc1.P.P. The lowest BCUT2D eigenvalue weighted by Crippen LogP contribution is -2.36. The summed E-state index contributed by atoms with van der Waals surface area (Å²) in [5.41, 5.74) is 14.5. The fourth-order valence-electron chi connectivity index (χ4n) is 6.69. The predicted octanol–water partition coefficient (Wildman–Crippen LogP) is 18.4. The Balaban J connectivity index is 0.000000900. The lowest BCUT2D eigenvalue weighted by atomic mass is 10.00. The number of aryl methyl sites for hydroxylation is 2. The van der Waals surface area contributed by atoms with Gasteiger partial charge in [-0.15, -0.1) is 7.53 Å². The van der Waals surface area contributed by atoms with Gasteiger partial charge in [0.15, 0.2) is 0 Å². The van der Waals surface area contributed by atoms with Gasteiger partial charge in [-0.3, -0.25) is 9.34 Å². The minimum absolute atomic E-state index is 0. The minimum atomic E-state index is -0.908. The van der Waals surface area contributed by atoms with Crippen LogP contribution in [0.1, 0.15) is 120 Å². The summed E-state index contributed by atoms with van der Waals surface area (Å²) in [6.45, 7) is 39.0. The Kier molecular flexibility index (Phi) is 27.1. The molecule has 1 heterocycles. The van der Waals surface area contributed by atoms with Crippen LogP contribution >= 0.6 is 93.8 Å². The molecule has 4 unspecified atom stereocenters. The zero-order chi connectivity index (χ0) is 42.9. The van der Waals surface area contributed by atoms with Crippen LogP contribution in [0.15, 0.2) is 70.8 Å². The number of nitrogens with zero attached hydrogens (tertiary/aromatic N) is 2. The summed E-state index contributed by atoms with van der Waals surface area (Å²) in [5.74, 6) is 0.694. The van der Waals surface area contributed by atoms with Crippen molar-refractivity contribution in [3.8, 4) is 0 Å². The third-order valence-electron chi connectivity index (χ3n) is 11.4. The zero-order valence-corrected chi connectivity index (χ0v) is 48.5. The average molecular weight is 987 g/mol. The molecular weight excluding hydrogens is 908 g/mol. The van der Waals surface area contributed by atoms with E-state index >= 15 is 0 Å². The predicted molar refractivity (Wildman–Crippen MR) is 288 cm³/mol. The van der Waals surface area contributed by atoms with E-state index in [4.69, 9.17) is 45.0 Å². The lowest BCUT2D eigenvalue weighted by Gasteiger charge is -2.39. The van der Waals surface area contributed by atoms with E-state index in [9.17, 15) is 0 Å². The Labute approximate surface area is 387 Å². The molecular formula is C46H78Cl4N2P6. The van der Waals surface area contributed by atoms with Crippen molar-refractivity contribution in [1.82, 2.24) is 9.34 Å². The molecule has 3 aromatic rings. The zero-order valence-electron chi connectivity index (χ0n) is 39.0. The number of hydrogen-bond acceptors (Lipinski definition) is 2. The Morgan fingerprint density at radius 1 is 0.534 bits per heavy atom. The molecule has 4 rings (SSSR count). The van der Waals surface area contributed by atoms with Crippen LogP contribution in [0.4, 0.5) is 0 Å². The first-order valence-electron chi connectivity index (χ1n) is 19.9. The smallest absolute Gasteiger partial charge is 0.0859 e. The molecule has 0 N–H and O–H groups in total. The molecule has 0 fully saturated rings. The first-order chi connectivity index (χ1) is 25.8. The van der Waals surface area contributed by atoms with Gasteiger partial charge in [0.1, 0.15) is 0 Å². The molecule has 330 valence electrons. The summed E-state index contributed by atoms with van der Waals surface area (Å²) in [5, 5.41) is 3.21. The molecule has 0 bridgehead atoms. The van der Waals surface area contributed by atoms with Gasteiger partial charge in [-0.1, -0.05) is 123 Å². The highest BCUT2D eigenvalue weighted by molar-refractivity contribution is 8.04. The van der Waals surface area contributed by atoms with Crippen LogP contribution in [0.2, 0.25) is 0 Å². The quantitative estimate of drug-likeness (QED) is 0.167. The van der Waals surface area contributed by atoms with Crippen LogP contribution < -0.4 is 0 Å². The van der Waals surface area contributed by atoms with Gasteiger partial charge in [-0.2, -0.15) is 19.8 Å². The number of hydrogen-bond donors (Lipinski definition) is 0. The van der Waals surface area contributed by atoms with Gasteiger partial charge in [-0.05, 0) is 167 Å². The second-order valence-corrected chi connectivity index (χ2v) is 29.7. The standard InChI is InChI=1S/C22H34ClNP2.C14H22Cl3NP2.C10H16.2H3P/c1-16-9-11-21(12-10-16)15-24(22(6,7)8)26(23)14-13-25-19(4)17(2)18(3)20(25)5;1-12-5-7-13(8-6-12)11-18(14(2,3)4)20(17)10-9-19(15)16;1-6-7(2)9(4)10(5)8(6)3;;/h9-12H,13-15H2,1-8H3;5-8H,9-11H2,1-4H3;6H,1-5H3;2*1H3. The topological polar surface area (TPSA) is 6.48 Å². The molecule has 1 aliphatic rings. The van der Waals surface area contributed by atoms with E-state index in [0.29, 0.717) is 5.92 Å². The van der Waals surface area contributed by atoms with Gasteiger partial charge in [0.05, 0.1) is 21.5 Å². The molecule has 0 radical (unpaired) electrons. The lowest BCUT2D eigenvalue weighted by molar-refractivity contribution is 0.259. The van der Waals surface area contributed by atoms with E-state index in [1.807, 2.05) is 0 Å². The van der Waals surface area contributed by atoms with Crippen molar-refractivity contribution in [1.29, 1.82) is 0 Å².